The fraction of sp³-hybridized carbons (Fsp3) is 0.381. The summed E-state index contributed by atoms with van der Waals surface area (Å²) >= 11 is 0. The van der Waals surface area contributed by atoms with Gasteiger partial charge in [-0.2, -0.15) is 13.2 Å². The van der Waals surface area contributed by atoms with E-state index < -0.39 is 29.4 Å². The van der Waals surface area contributed by atoms with E-state index in [0.717, 1.165) is 12.1 Å². The van der Waals surface area contributed by atoms with Crippen molar-refractivity contribution in [3.8, 4) is 5.75 Å². The standard InChI is InChI=1S/C21H21F4NO3/c1-13-9-26(11-18(13)20(27)28)10-15-5-6-17(8-19(15)22)29-12-14-3-2-4-16(7-14)21(23,24)25/h2-8,13,18H,9-12H2,1H3,(H,27,28). The van der Waals surface area contributed by atoms with Gasteiger partial charge in [0.1, 0.15) is 18.2 Å². The van der Waals surface area contributed by atoms with Crippen LogP contribution in [0.1, 0.15) is 23.6 Å². The van der Waals surface area contributed by atoms with E-state index in [9.17, 15) is 27.5 Å². The number of nitrogens with zero attached hydrogens (tertiary/aromatic N) is 1. The second kappa shape index (κ2) is 8.41. The fourth-order valence-corrected chi connectivity index (χ4v) is 3.51. The molecule has 0 saturated carbocycles. The number of carboxylic acids is 1. The Morgan fingerprint density at radius 3 is 2.59 bits per heavy atom. The number of rotatable bonds is 6. The first-order chi connectivity index (χ1) is 13.6. The van der Waals surface area contributed by atoms with Crippen molar-refractivity contribution in [3.05, 3.63) is 65.0 Å². The monoisotopic (exact) mass is 411 g/mol. The maximum Gasteiger partial charge on any atom is 0.416 e. The molecule has 8 heteroatoms. The molecule has 2 atom stereocenters. The first-order valence-electron chi connectivity index (χ1n) is 9.16. The van der Waals surface area contributed by atoms with E-state index >= 15 is 0 Å². The van der Waals surface area contributed by atoms with Crippen LogP contribution in [0, 0.1) is 17.7 Å². The van der Waals surface area contributed by atoms with Crippen molar-refractivity contribution in [2.75, 3.05) is 13.1 Å². The van der Waals surface area contributed by atoms with Crippen LogP contribution in [0.15, 0.2) is 42.5 Å². The number of ether oxygens (including phenoxy) is 1. The third-order valence-corrected chi connectivity index (χ3v) is 5.08. The van der Waals surface area contributed by atoms with Gasteiger partial charge in [0.25, 0.3) is 0 Å². The van der Waals surface area contributed by atoms with Gasteiger partial charge in [-0.1, -0.05) is 25.1 Å². The van der Waals surface area contributed by atoms with E-state index in [-0.39, 0.29) is 24.8 Å². The highest BCUT2D eigenvalue weighted by atomic mass is 19.4. The molecule has 1 aliphatic heterocycles. The molecule has 29 heavy (non-hydrogen) atoms. The van der Waals surface area contributed by atoms with Gasteiger partial charge in [-0.25, -0.2) is 4.39 Å². The summed E-state index contributed by atoms with van der Waals surface area (Å²) in [7, 11) is 0. The van der Waals surface area contributed by atoms with Crippen molar-refractivity contribution in [2.45, 2.75) is 26.3 Å². The summed E-state index contributed by atoms with van der Waals surface area (Å²) in [5.74, 6) is -1.61. The molecule has 1 heterocycles. The largest absolute Gasteiger partial charge is 0.489 e. The predicted molar refractivity (Wildman–Crippen MR) is 97.7 cm³/mol. The quantitative estimate of drug-likeness (QED) is 0.708. The average molecular weight is 411 g/mol. The lowest BCUT2D eigenvalue weighted by Gasteiger charge is -2.16. The van der Waals surface area contributed by atoms with E-state index in [0.29, 0.717) is 24.2 Å². The Kier molecular flexibility index (Phi) is 6.12. The minimum Gasteiger partial charge on any atom is -0.489 e. The zero-order valence-corrected chi connectivity index (χ0v) is 15.7. The Morgan fingerprint density at radius 1 is 1.21 bits per heavy atom. The summed E-state index contributed by atoms with van der Waals surface area (Å²) in [6.45, 7) is 2.97. The van der Waals surface area contributed by atoms with Crippen molar-refractivity contribution in [3.63, 3.8) is 0 Å². The number of likely N-dealkylation sites (tertiary alicyclic amines) is 1. The van der Waals surface area contributed by atoms with E-state index in [4.69, 9.17) is 4.74 Å². The van der Waals surface area contributed by atoms with E-state index in [1.807, 2.05) is 11.8 Å². The van der Waals surface area contributed by atoms with Crippen LogP contribution in [-0.4, -0.2) is 29.1 Å². The highest BCUT2D eigenvalue weighted by Gasteiger charge is 2.34. The Hall–Kier alpha value is -2.61. The Balaban J connectivity index is 1.61. The number of carboxylic acid groups (broad SMARTS) is 1. The SMILES string of the molecule is CC1CN(Cc2ccc(OCc3cccc(C(F)(F)F)c3)cc2F)CC1C(=O)O. The molecule has 2 aromatic rings. The summed E-state index contributed by atoms with van der Waals surface area (Å²) in [6.07, 6.45) is -4.43. The molecule has 2 unspecified atom stereocenters. The summed E-state index contributed by atoms with van der Waals surface area (Å²) in [5, 5.41) is 9.19. The lowest BCUT2D eigenvalue weighted by Crippen LogP contribution is -2.23. The molecule has 0 spiro atoms. The van der Waals surface area contributed by atoms with E-state index in [2.05, 4.69) is 0 Å². The van der Waals surface area contributed by atoms with Crippen LogP contribution in [0.2, 0.25) is 0 Å². The van der Waals surface area contributed by atoms with Crippen molar-refractivity contribution in [1.29, 1.82) is 0 Å². The molecule has 2 aromatic carbocycles. The van der Waals surface area contributed by atoms with Gasteiger partial charge in [0.05, 0.1) is 11.5 Å². The lowest BCUT2D eigenvalue weighted by atomic mass is 9.99. The number of benzene rings is 2. The van der Waals surface area contributed by atoms with Crippen LogP contribution in [-0.2, 0) is 24.1 Å². The second-order valence-electron chi connectivity index (χ2n) is 7.36. The molecule has 1 saturated heterocycles. The molecule has 3 rings (SSSR count). The first-order valence-corrected chi connectivity index (χ1v) is 9.16. The smallest absolute Gasteiger partial charge is 0.416 e. The van der Waals surface area contributed by atoms with Gasteiger partial charge in [-0.3, -0.25) is 9.69 Å². The van der Waals surface area contributed by atoms with Gasteiger partial charge in [0, 0.05) is 31.3 Å². The summed E-state index contributed by atoms with van der Waals surface area (Å²) in [4.78, 5) is 13.1. The van der Waals surface area contributed by atoms with Crippen LogP contribution >= 0.6 is 0 Å². The normalized spacial score (nSPS) is 20.0. The highest BCUT2D eigenvalue weighted by molar-refractivity contribution is 5.71. The molecule has 156 valence electrons. The maximum absolute atomic E-state index is 14.4. The van der Waals surface area contributed by atoms with Gasteiger partial charge in [-0.15, -0.1) is 0 Å². The lowest BCUT2D eigenvalue weighted by molar-refractivity contribution is -0.142. The third kappa shape index (κ3) is 5.26. The Bertz CT molecular complexity index is 884. The van der Waals surface area contributed by atoms with E-state index in [1.165, 1.54) is 18.2 Å². The molecule has 1 aliphatic rings. The Morgan fingerprint density at radius 2 is 1.97 bits per heavy atom. The molecule has 0 radical (unpaired) electrons. The van der Waals surface area contributed by atoms with Gasteiger partial charge in [0.15, 0.2) is 0 Å². The number of hydrogen-bond donors (Lipinski definition) is 1. The van der Waals surface area contributed by atoms with E-state index in [1.54, 1.807) is 12.1 Å². The molecule has 1 N–H and O–H groups in total. The summed E-state index contributed by atoms with van der Waals surface area (Å²) in [6, 6.07) is 9.08. The maximum atomic E-state index is 14.4. The highest BCUT2D eigenvalue weighted by Crippen LogP contribution is 2.30. The van der Waals surface area contributed by atoms with Crippen LogP contribution in [0.5, 0.6) is 5.75 Å². The number of alkyl halides is 3. The zero-order valence-electron chi connectivity index (χ0n) is 15.7. The molecule has 0 aliphatic carbocycles. The molecule has 1 fully saturated rings. The van der Waals surface area contributed by atoms with Gasteiger partial charge in [0.2, 0.25) is 0 Å². The molecule has 0 aromatic heterocycles. The number of halogens is 4. The fourth-order valence-electron chi connectivity index (χ4n) is 3.51. The summed E-state index contributed by atoms with van der Waals surface area (Å²) < 4.78 is 58.1. The van der Waals surface area contributed by atoms with Gasteiger partial charge >= 0.3 is 12.1 Å². The minimum absolute atomic E-state index is 0.00868. The molecular formula is C21H21F4NO3. The van der Waals surface area contributed by atoms with Gasteiger partial charge in [-0.05, 0) is 29.7 Å². The van der Waals surface area contributed by atoms with Crippen molar-refractivity contribution in [2.24, 2.45) is 11.8 Å². The van der Waals surface area contributed by atoms with Crippen molar-refractivity contribution >= 4 is 5.97 Å². The first kappa shape index (κ1) is 21.1. The minimum atomic E-state index is -4.43. The van der Waals surface area contributed by atoms with Crippen LogP contribution < -0.4 is 4.74 Å². The number of aliphatic carboxylic acids is 1. The van der Waals surface area contributed by atoms with Crippen molar-refractivity contribution in [1.82, 2.24) is 4.90 Å². The van der Waals surface area contributed by atoms with Crippen LogP contribution in [0.3, 0.4) is 0 Å². The topological polar surface area (TPSA) is 49.8 Å². The molecule has 0 bridgehead atoms. The molecule has 0 amide bonds. The number of hydrogen-bond acceptors (Lipinski definition) is 3. The predicted octanol–water partition coefficient (Wildman–Crippen LogP) is 4.58. The third-order valence-electron chi connectivity index (χ3n) is 5.08. The van der Waals surface area contributed by atoms with Crippen molar-refractivity contribution < 1.29 is 32.2 Å². The zero-order chi connectivity index (χ0) is 21.2. The summed E-state index contributed by atoms with van der Waals surface area (Å²) in [5.41, 5.74) is -0.0237. The number of carbonyl (C=O) groups is 1. The van der Waals surface area contributed by atoms with Gasteiger partial charge < -0.3 is 9.84 Å². The average Bonchev–Trinajstić information content (AvgIpc) is 3.02. The van der Waals surface area contributed by atoms with Crippen LogP contribution in [0.25, 0.3) is 0 Å². The molecular weight excluding hydrogens is 390 g/mol. The Labute approximate surface area is 165 Å². The second-order valence-corrected chi connectivity index (χ2v) is 7.36. The van der Waals surface area contributed by atoms with Crippen LogP contribution in [0.4, 0.5) is 17.6 Å². The molecule has 4 nitrogen and oxygen atoms in total.